The third-order valence-corrected chi connectivity index (χ3v) is 5.60. The van der Waals surface area contributed by atoms with E-state index in [0.29, 0.717) is 5.69 Å². The summed E-state index contributed by atoms with van der Waals surface area (Å²) in [6, 6.07) is 12.6. The number of hydrogen-bond donors (Lipinski definition) is 2. The number of carbonyl (C=O) groups is 1. The molecule has 1 fully saturated rings. The van der Waals surface area contributed by atoms with Crippen molar-refractivity contribution in [1.82, 2.24) is 0 Å². The van der Waals surface area contributed by atoms with E-state index in [2.05, 4.69) is 9.62 Å². The molecular weight excluding hydrogens is 340 g/mol. The minimum absolute atomic E-state index is 0.0628. The molecule has 0 aromatic heterocycles. The quantitative estimate of drug-likeness (QED) is 0.855. The molecule has 0 saturated carbocycles. The molecule has 25 heavy (non-hydrogen) atoms. The van der Waals surface area contributed by atoms with Gasteiger partial charge in [0.25, 0.3) is 10.0 Å². The fourth-order valence-electron chi connectivity index (χ4n) is 2.97. The summed E-state index contributed by atoms with van der Waals surface area (Å²) in [6.45, 7) is 1.79. The van der Waals surface area contributed by atoms with Crippen LogP contribution in [0, 0.1) is 0 Å². The number of hydrogen-bond acceptors (Lipinski definition) is 4. The summed E-state index contributed by atoms with van der Waals surface area (Å²) >= 11 is 0. The molecule has 1 heterocycles. The van der Waals surface area contributed by atoms with Crippen molar-refractivity contribution in [2.24, 2.45) is 0 Å². The van der Waals surface area contributed by atoms with E-state index < -0.39 is 16.0 Å². The smallest absolute Gasteiger partial charge is 0.335 e. The Hall–Kier alpha value is -2.54. The van der Waals surface area contributed by atoms with E-state index in [9.17, 15) is 13.2 Å². The minimum Gasteiger partial charge on any atom is -0.478 e. The minimum atomic E-state index is -3.87. The van der Waals surface area contributed by atoms with E-state index in [-0.39, 0.29) is 10.5 Å². The lowest BCUT2D eigenvalue weighted by molar-refractivity contribution is 0.0696. The van der Waals surface area contributed by atoms with Gasteiger partial charge >= 0.3 is 5.97 Å². The Balaban J connectivity index is 1.91. The van der Waals surface area contributed by atoms with Crippen molar-refractivity contribution in [3.63, 3.8) is 0 Å². The van der Waals surface area contributed by atoms with Gasteiger partial charge in [-0.1, -0.05) is 18.2 Å². The van der Waals surface area contributed by atoms with Crippen LogP contribution in [-0.4, -0.2) is 32.6 Å². The van der Waals surface area contributed by atoms with Gasteiger partial charge in [0.2, 0.25) is 0 Å². The van der Waals surface area contributed by atoms with Crippen molar-refractivity contribution >= 4 is 27.4 Å². The molecule has 7 heteroatoms. The topological polar surface area (TPSA) is 86.7 Å². The third kappa shape index (κ3) is 3.93. The number of anilines is 2. The first-order chi connectivity index (χ1) is 12.0. The molecule has 132 valence electrons. The number of carboxylic acids is 1. The molecular formula is C18H20N2O4S. The molecule has 0 spiro atoms. The van der Waals surface area contributed by atoms with Crippen LogP contribution in [0.2, 0.25) is 0 Å². The van der Waals surface area contributed by atoms with Crippen LogP contribution < -0.4 is 9.62 Å². The maximum Gasteiger partial charge on any atom is 0.335 e. The van der Waals surface area contributed by atoms with Crippen LogP contribution in [0.15, 0.2) is 53.4 Å². The van der Waals surface area contributed by atoms with E-state index in [0.717, 1.165) is 37.7 Å². The fourth-order valence-corrected chi connectivity index (χ4v) is 4.09. The largest absolute Gasteiger partial charge is 0.478 e. The molecule has 1 aliphatic heterocycles. The lowest BCUT2D eigenvalue weighted by Crippen LogP contribution is -2.30. The van der Waals surface area contributed by atoms with Gasteiger partial charge in [-0.05, 0) is 49.6 Å². The summed E-state index contributed by atoms with van der Waals surface area (Å²) in [4.78, 5) is 13.2. The van der Waals surface area contributed by atoms with Gasteiger partial charge < -0.3 is 10.0 Å². The normalized spacial score (nSPS) is 15.0. The first-order valence-electron chi connectivity index (χ1n) is 8.17. The number of nitrogens with zero attached hydrogens (tertiary/aromatic N) is 1. The fraction of sp³-hybridized carbons (Fsp3) is 0.278. The van der Waals surface area contributed by atoms with Crippen molar-refractivity contribution in [3.05, 3.63) is 54.1 Å². The van der Waals surface area contributed by atoms with Gasteiger partial charge in [-0.2, -0.15) is 0 Å². The molecule has 0 amide bonds. The van der Waals surface area contributed by atoms with E-state index in [1.165, 1.54) is 24.6 Å². The van der Waals surface area contributed by atoms with Gasteiger partial charge in [0.05, 0.1) is 21.8 Å². The predicted molar refractivity (Wildman–Crippen MR) is 96.7 cm³/mol. The summed E-state index contributed by atoms with van der Waals surface area (Å²) in [5, 5.41) is 9.06. The maximum absolute atomic E-state index is 12.7. The molecule has 0 unspecified atom stereocenters. The highest BCUT2D eigenvalue weighted by Gasteiger charge is 2.20. The van der Waals surface area contributed by atoms with Gasteiger partial charge in [-0.25, -0.2) is 13.2 Å². The summed E-state index contributed by atoms with van der Waals surface area (Å²) in [6.07, 6.45) is 3.36. The Morgan fingerprint density at radius 1 is 1.00 bits per heavy atom. The molecule has 0 radical (unpaired) electrons. The monoisotopic (exact) mass is 360 g/mol. The average molecular weight is 360 g/mol. The Kier molecular flexibility index (Phi) is 4.94. The molecule has 3 rings (SSSR count). The van der Waals surface area contributed by atoms with Crippen LogP contribution in [0.5, 0.6) is 0 Å². The molecule has 2 N–H and O–H groups in total. The lowest BCUT2D eigenvalue weighted by atomic mass is 10.1. The molecule has 6 nitrogen and oxygen atoms in total. The van der Waals surface area contributed by atoms with Crippen molar-refractivity contribution in [3.8, 4) is 0 Å². The first kappa shape index (κ1) is 17.3. The van der Waals surface area contributed by atoms with Crippen molar-refractivity contribution in [2.75, 3.05) is 22.7 Å². The van der Waals surface area contributed by atoms with Crippen LogP contribution in [0.4, 0.5) is 11.4 Å². The molecule has 1 saturated heterocycles. The van der Waals surface area contributed by atoms with Gasteiger partial charge in [-0.3, -0.25) is 4.72 Å². The number of carboxylic acid groups (broad SMARTS) is 1. The zero-order valence-corrected chi connectivity index (χ0v) is 14.5. The van der Waals surface area contributed by atoms with Gasteiger partial charge in [0, 0.05) is 13.1 Å². The van der Waals surface area contributed by atoms with Crippen LogP contribution in [0.3, 0.4) is 0 Å². The summed E-state index contributed by atoms with van der Waals surface area (Å²) in [5.74, 6) is -1.16. The number of rotatable bonds is 5. The number of nitrogens with one attached hydrogen (secondary N) is 1. The van der Waals surface area contributed by atoms with Crippen LogP contribution >= 0.6 is 0 Å². The molecule has 2 aromatic carbocycles. The van der Waals surface area contributed by atoms with Crippen molar-refractivity contribution < 1.29 is 18.3 Å². The number of piperidine rings is 1. The lowest BCUT2D eigenvalue weighted by Gasteiger charge is -2.30. The maximum atomic E-state index is 12.7. The average Bonchev–Trinajstić information content (AvgIpc) is 2.63. The van der Waals surface area contributed by atoms with Gasteiger partial charge in [-0.15, -0.1) is 0 Å². The standard InChI is InChI=1S/C18H20N2O4S/c21-18(22)14-7-6-8-15(13-14)25(23,24)19-16-9-2-3-10-17(16)20-11-4-1-5-12-20/h2-3,6-10,13,19H,1,4-5,11-12H2,(H,21,22). The predicted octanol–water partition coefficient (Wildman–Crippen LogP) is 3.18. The first-order valence-corrected chi connectivity index (χ1v) is 9.66. The Morgan fingerprint density at radius 3 is 2.44 bits per heavy atom. The van der Waals surface area contributed by atoms with E-state index in [4.69, 9.17) is 5.11 Å². The third-order valence-electron chi connectivity index (χ3n) is 4.24. The van der Waals surface area contributed by atoms with Crippen molar-refractivity contribution in [1.29, 1.82) is 0 Å². The second kappa shape index (κ2) is 7.14. The zero-order chi connectivity index (χ0) is 17.9. The number of para-hydroxylation sites is 2. The number of aromatic carboxylic acids is 1. The highest BCUT2D eigenvalue weighted by molar-refractivity contribution is 7.92. The second-order valence-electron chi connectivity index (χ2n) is 6.00. The zero-order valence-electron chi connectivity index (χ0n) is 13.7. The molecule has 0 aliphatic carbocycles. The Bertz CT molecular complexity index is 874. The van der Waals surface area contributed by atoms with E-state index in [1.807, 2.05) is 12.1 Å². The number of benzene rings is 2. The highest BCUT2D eigenvalue weighted by atomic mass is 32.2. The number of sulfonamides is 1. The summed E-state index contributed by atoms with van der Waals surface area (Å²) in [7, 11) is -3.87. The Morgan fingerprint density at radius 2 is 1.72 bits per heavy atom. The molecule has 2 aromatic rings. The van der Waals surface area contributed by atoms with Gasteiger partial charge in [0.15, 0.2) is 0 Å². The summed E-state index contributed by atoms with van der Waals surface area (Å²) in [5.41, 5.74) is 1.29. The van der Waals surface area contributed by atoms with E-state index >= 15 is 0 Å². The molecule has 1 aliphatic rings. The van der Waals surface area contributed by atoms with Crippen LogP contribution in [0.1, 0.15) is 29.6 Å². The van der Waals surface area contributed by atoms with Crippen LogP contribution in [-0.2, 0) is 10.0 Å². The Labute approximate surface area is 147 Å². The van der Waals surface area contributed by atoms with E-state index in [1.54, 1.807) is 12.1 Å². The van der Waals surface area contributed by atoms with Crippen LogP contribution in [0.25, 0.3) is 0 Å². The summed E-state index contributed by atoms with van der Waals surface area (Å²) < 4.78 is 28.0. The SMILES string of the molecule is O=C(O)c1cccc(S(=O)(=O)Nc2ccccc2N2CCCCC2)c1. The van der Waals surface area contributed by atoms with Gasteiger partial charge in [0.1, 0.15) is 0 Å². The molecule has 0 atom stereocenters. The highest BCUT2D eigenvalue weighted by Crippen LogP contribution is 2.30. The van der Waals surface area contributed by atoms with Crippen molar-refractivity contribution in [2.45, 2.75) is 24.2 Å². The molecule has 0 bridgehead atoms. The second-order valence-corrected chi connectivity index (χ2v) is 7.69.